The van der Waals surface area contributed by atoms with Crippen LogP contribution in [0.25, 0.3) is 0 Å². The highest BCUT2D eigenvalue weighted by Gasteiger charge is 2.16. The van der Waals surface area contributed by atoms with Gasteiger partial charge in [0.25, 0.3) is 0 Å². The number of hydrogen-bond donors (Lipinski definition) is 1. The largest absolute Gasteiger partial charge is 0.383 e. The van der Waals surface area contributed by atoms with Gasteiger partial charge in [0.05, 0.1) is 6.61 Å². The van der Waals surface area contributed by atoms with E-state index in [4.69, 9.17) is 10.5 Å². The second kappa shape index (κ2) is 14.7. The van der Waals surface area contributed by atoms with Gasteiger partial charge < -0.3 is 10.5 Å². The molecule has 1 fully saturated rings. The van der Waals surface area contributed by atoms with Crippen molar-refractivity contribution in [2.24, 2.45) is 11.7 Å². The number of nitrogens with two attached hydrogens (primary N) is 1. The van der Waals surface area contributed by atoms with E-state index in [0.29, 0.717) is 0 Å². The van der Waals surface area contributed by atoms with Crippen molar-refractivity contribution in [2.45, 2.75) is 58.4 Å². The lowest BCUT2D eigenvalue weighted by atomic mass is 9.85. The van der Waals surface area contributed by atoms with E-state index in [2.05, 4.69) is 13.2 Å². The van der Waals surface area contributed by atoms with Gasteiger partial charge in [-0.15, -0.1) is 13.2 Å². The third kappa shape index (κ3) is 10.2. The van der Waals surface area contributed by atoms with Gasteiger partial charge in [0.15, 0.2) is 0 Å². The van der Waals surface area contributed by atoms with E-state index in [1.807, 2.05) is 13.8 Å². The maximum absolute atomic E-state index is 5.89. The van der Waals surface area contributed by atoms with Crippen molar-refractivity contribution in [3.8, 4) is 0 Å². The zero-order valence-electron chi connectivity index (χ0n) is 11.5. The van der Waals surface area contributed by atoms with Gasteiger partial charge in [0.2, 0.25) is 0 Å². The van der Waals surface area contributed by atoms with Gasteiger partial charge in [0, 0.05) is 14.6 Å². The first-order valence-electron chi connectivity index (χ1n) is 6.57. The first-order chi connectivity index (χ1) is 7.83. The number of hydrogen-bond acceptors (Lipinski definition) is 2. The van der Waals surface area contributed by atoms with Crippen molar-refractivity contribution in [1.29, 1.82) is 0 Å². The van der Waals surface area contributed by atoms with Crippen LogP contribution < -0.4 is 5.73 Å². The van der Waals surface area contributed by atoms with Crippen molar-refractivity contribution in [2.75, 3.05) is 13.7 Å². The summed E-state index contributed by atoms with van der Waals surface area (Å²) in [7, 11) is 1.72. The van der Waals surface area contributed by atoms with Gasteiger partial charge in [-0.3, -0.25) is 0 Å². The molecule has 0 aromatic rings. The highest BCUT2D eigenvalue weighted by atomic mass is 16.5. The molecule has 0 aliphatic heterocycles. The third-order valence-electron chi connectivity index (χ3n) is 2.74. The van der Waals surface area contributed by atoms with E-state index in [0.717, 1.165) is 18.9 Å². The van der Waals surface area contributed by atoms with Gasteiger partial charge >= 0.3 is 0 Å². The number of methoxy groups -OCH3 is 1. The molecule has 0 radical (unpaired) electrons. The average molecular weight is 231 g/mol. The highest BCUT2D eigenvalue weighted by Crippen LogP contribution is 2.26. The number of ether oxygens (including phenoxy) is 1. The lowest BCUT2D eigenvalue weighted by Gasteiger charge is -2.24. The Morgan fingerprint density at radius 2 is 1.75 bits per heavy atom. The van der Waals surface area contributed by atoms with E-state index in [1.54, 1.807) is 7.11 Å². The predicted octanol–water partition coefficient (Wildman–Crippen LogP) is 4.00. The summed E-state index contributed by atoms with van der Waals surface area (Å²) in [5, 5.41) is 0. The molecule has 2 heteroatoms. The second-order valence-electron chi connectivity index (χ2n) is 3.96. The topological polar surface area (TPSA) is 35.2 Å². The van der Waals surface area contributed by atoms with Crippen molar-refractivity contribution in [3.05, 3.63) is 13.2 Å². The predicted molar refractivity (Wildman–Crippen MR) is 75.8 cm³/mol. The summed E-state index contributed by atoms with van der Waals surface area (Å²) < 4.78 is 5.02. The molecule has 1 saturated carbocycles. The molecule has 100 valence electrons. The Kier molecular flexibility index (Phi) is 16.5. The van der Waals surface area contributed by atoms with E-state index in [-0.39, 0.29) is 7.47 Å². The van der Waals surface area contributed by atoms with Crippen molar-refractivity contribution >= 4 is 0 Å². The summed E-state index contributed by atoms with van der Waals surface area (Å²) in [5.41, 5.74) is 5.89. The molecule has 1 aliphatic carbocycles. The Hall–Kier alpha value is -0.340. The fraction of sp³-hybridized carbons (Fsp3) is 0.857. The Labute approximate surface area is 104 Å². The van der Waals surface area contributed by atoms with Crippen molar-refractivity contribution in [1.82, 2.24) is 0 Å². The van der Waals surface area contributed by atoms with Crippen LogP contribution in [-0.4, -0.2) is 19.8 Å². The molecule has 0 aromatic heterocycles. The Morgan fingerprint density at radius 3 is 2.19 bits per heavy atom. The quantitative estimate of drug-likeness (QED) is 0.742. The second-order valence-corrected chi connectivity index (χ2v) is 3.96. The Balaban J connectivity index is -0.000000355. The van der Waals surface area contributed by atoms with Crippen LogP contribution in [0.3, 0.4) is 0 Å². The third-order valence-corrected chi connectivity index (χ3v) is 2.74. The maximum atomic E-state index is 5.89. The molecule has 0 saturated heterocycles. The van der Waals surface area contributed by atoms with E-state index in [9.17, 15) is 0 Å². The van der Waals surface area contributed by atoms with E-state index in [1.165, 1.54) is 32.1 Å². The van der Waals surface area contributed by atoms with Crippen LogP contribution >= 0.6 is 0 Å². The summed E-state index contributed by atoms with van der Waals surface area (Å²) in [6.07, 6.45) is 8.17. The molecule has 0 spiro atoms. The van der Waals surface area contributed by atoms with E-state index >= 15 is 0 Å². The summed E-state index contributed by atoms with van der Waals surface area (Å²) >= 11 is 0. The summed E-state index contributed by atoms with van der Waals surface area (Å²) in [6.45, 7) is 10.7. The van der Waals surface area contributed by atoms with Gasteiger partial charge in [-0.2, -0.15) is 0 Å². The standard InChI is InChI=1S/C10H21NO.C2H6.C2H4.H2/c1-12-8-10(11)7-9-5-3-2-4-6-9;2*1-2;/h9-10H,2-8,11H2,1H3;1-2H3;1-2H2;1H/t10-;;;/m0.../s1. The molecule has 1 rings (SSSR count). The molecule has 0 aromatic carbocycles. The number of rotatable bonds is 4. The first kappa shape index (κ1) is 18.0. The fourth-order valence-corrected chi connectivity index (χ4v) is 2.13. The van der Waals surface area contributed by atoms with Crippen LogP contribution in [0.1, 0.15) is 53.8 Å². The van der Waals surface area contributed by atoms with Crippen LogP contribution in [0, 0.1) is 5.92 Å². The summed E-state index contributed by atoms with van der Waals surface area (Å²) in [6, 6.07) is 0.262. The summed E-state index contributed by atoms with van der Waals surface area (Å²) in [5.74, 6) is 0.879. The van der Waals surface area contributed by atoms with Crippen LogP contribution in [0.5, 0.6) is 0 Å². The van der Waals surface area contributed by atoms with Gasteiger partial charge in [-0.05, 0) is 12.3 Å². The minimum absolute atomic E-state index is 0. The van der Waals surface area contributed by atoms with Gasteiger partial charge in [0.1, 0.15) is 0 Å². The SMILES string of the molecule is C=C.CC.COC[C@@H](N)CC1CCCCC1.[HH]. The highest BCUT2D eigenvalue weighted by molar-refractivity contribution is 4.71. The normalized spacial score (nSPS) is 17.5. The fourth-order valence-electron chi connectivity index (χ4n) is 2.13. The lowest BCUT2D eigenvalue weighted by Crippen LogP contribution is -2.29. The summed E-state index contributed by atoms with van der Waals surface area (Å²) in [4.78, 5) is 0. The van der Waals surface area contributed by atoms with Crippen LogP contribution in [0.15, 0.2) is 13.2 Å². The smallest absolute Gasteiger partial charge is 0.0613 e. The minimum Gasteiger partial charge on any atom is -0.383 e. The van der Waals surface area contributed by atoms with Gasteiger partial charge in [-0.1, -0.05) is 46.0 Å². The molecule has 0 amide bonds. The van der Waals surface area contributed by atoms with E-state index < -0.39 is 0 Å². The molecule has 2 N–H and O–H groups in total. The molecular formula is C14H33NO. The molecule has 0 bridgehead atoms. The van der Waals surface area contributed by atoms with Crippen LogP contribution in [-0.2, 0) is 4.74 Å². The average Bonchev–Trinajstić information content (AvgIpc) is 2.36. The Bertz CT molecular complexity index is 127. The van der Waals surface area contributed by atoms with Crippen LogP contribution in [0.2, 0.25) is 0 Å². The van der Waals surface area contributed by atoms with Crippen molar-refractivity contribution < 1.29 is 6.16 Å². The molecule has 0 heterocycles. The minimum atomic E-state index is 0. The maximum Gasteiger partial charge on any atom is 0.0613 e. The Morgan fingerprint density at radius 1 is 1.25 bits per heavy atom. The zero-order valence-corrected chi connectivity index (χ0v) is 11.5. The van der Waals surface area contributed by atoms with Crippen molar-refractivity contribution in [3.63, 3.8) is 0 Å². The lowest BCUT2D eigenvalue weighted by molar-refractivity contribution is 0.164. The monoisotopic (exact) mass is 231 g/mol. The van der Waals surface area contributed by atoms with Crippen LogP contribution in [0.4, 0.5) is 0 Å². The molecule has 1 aliphatic rings. The molecule has 1 atom stereocenters. The molecule has 16 heavy (non-hydrogen) atoms. The molecule has 0 unspecified atom stereocenters. The molecular weight excluding hydrogens is 198 g/mol. The zero-order chi connectivity index (χ0) is 12.8. The molecule has 2 nitrogen and oxygen atoms in total. The first-order valence-corrected chi connectivity index (χ1v) is 6.57. The van der Waals surface area contributed by atoms with Gasteiger partial charge in [-0.25, -0.2) is 0 Å².